The Bertz CT molecular complexity index is 484. The smallest absolute Gasteiger partial charge is 0.0914 e. The van der Waals surface area contributed by atoms with Gasteiger partial charge in [-0.15, -0.1) is 0 Å². The maximum absolute atomic E-state index is 9.97. The lowest BCUT2D eigenvalue weighted by Crippen LogP contribution is -2.20. The van der Waals surface area contributed by atoms with Crippen molar-refractivity contribution in [1.82, 2.24) is 15.1 Å². The van der Waals surface area contributed by atoms with Crippen LogP contribution < -0.4 is 5.32 Å². The summed E-state index contributed by atoms with van der Waals surface area (Å²) in [4.78, 5) is 0. The van der Waals surface area contributed by atoms with Gasteiger partial charge in [0.2, 0.25) is 0 Å². The molecule has 0 saturated heterocycles. The number of nitrogens with one attached hydrogen (secondary N) is 1. The summed E-state index contributed by atoms with van der Waals surface area (Å²) < 4.78 is 1.70. The second-order valence-electron chi connectivity index (χ2n) is 4.39. The third-order valence-electron chi connectivity index (χ3n) is 2.87. The molecule has 0 radical (unpaired) electrons. The van der Waals surface area contributed by atoms with E-state index >= 15 is 0 Å². The monoisotopic (exact) mass is 261 g/mol. The van der Waals surface area contributed by atoms with Crippen molar-refractivity contribution in [3.8, 4) is 0 Å². The molecule has 5 heteroatoms. The Morgan fingerprint density at radius 1 is 1.26 bits per heavy atom. The molecule has 0 spiro atoms. The second kappa shape index (κ2) is 7.04. The molecule has 3 N–H and O–H groups in total. The number of hydrogen-bond acceptors (Lipinski definition) is 4. The molecule has 2 rings (SSSR count). The van der Waals surface area contributed by atoms with Gasteiger partial charge in [0.15, 0.2) is 0 Å². The molecule has 1 aromatic carbocycles. The minimum Gasteiger partial charge on any atom is -0.394 e. The standard InChI is InChI=1S/C14H19N3O2/c18-7-6-17-11-12(9-16-17)8-15-10-14(19)13-4-2-1-3-5-13/h1-5,9,11,14-15,18-19H,6-8,10H2. The largest absolute Gasteiger partial charge is 0.394 e. The van der Waals surface area contributed by atoms with Crippen LogP contribution in [0.25, 0.3) is 0 Å². The van der Waals surface area contributed by atoms with E-state index in [-0.39, 0.29) is 6.61 Å². The fourth-order valence-corrected chi connectivity index (χ4v) is 1.87. The lowest BCUT2D eigenvalue weighted by molar-refractivity contribution is 0.174. The highest BCUT2D eigenvalue weighted by atomic mass is 16.3. The first-order valence-corrected chi connectivity index (χ1v) is 6.35. The number of rotatable bonds is 7. The van der Waals surface area contributed by atoms with E-state index in [1.54, 1.807) is 10.9 Å². The Balaban J connectivity index is 1.76. The summed E-state index contributed by atoms with van der Waals surface area (Å²) in [6.45, 7) is 1.73. The maximum Gasteiger partial charge on any atom is 0.0914 e. The Hall–Kier alpha value is -1.69. The van der Waals surface area contributed by atoms with Gasteiger partial charge < -0.3 is 15.5 Å². The van der Waals surface area contributed by atoms with Crippen molar-refractivity contribution in [2.75, 3.05) is 13.2 Å². The number of hydrogen-bond donors (Lipinski definition) is 3. The van der Waals surface area contributed by atoms with Crippen LogP contribution in [0.3, 0.4) is 0 Å². The first kappa shape index (κ1) is 13.7. The zero-order valence-corrected chi connectivity index (χ0v) is 10.7. The number of benzene rings is 1. The molecule has 0 aliphatic rings. The molecular formula is C14H19N3O2. The summed E-state index contributed by atoms with van der Waals surface area (Å²) >= 11 is 0. The lowest BCUT2D eigenvalue weighted by atomic mass is 10.1. The van der Waals surface area contributed by atoms with Crippen LogP contribution in [0.2, 0.25) is 0 Å². The van der Waals surface area contributed by atoms with Gasteiger partial charge in [0, 0.05) is 24.8 Å². The summed E-state index contributed by atoms with van der Waals surface area (Å²) in [5.74, 6) is 0. The summed E-state index contributed by atoms with van der Waals surface area (Å²) in [7, 11) is 0. The summed E-state index contributed by atoms with van der Waals surface area (Å²) in [6.07, 6.45) is 3.14. The molecule has 5 nitrogen and oxygen atoms in total. The minimum absolute atomic E-state index is 0.0846. The van der Waals surface area contributed by atoms with Crippen molar-refractivity contribution < 1.29 is 10.2 Å². The lowest BCUT2D eigenvalue weighted by Gasteiger charge is -2.11. The molecule has 0 bridgehead atoms. The van der Waals surface area contributed by atoms with Crippen molar-refractivity contribution in [2.24, 2.45) is 0 Å². The molecule has 102 valence electrons. The van der Waals surface area contributed by atoms with E-state index in [0.29, 0.717) is 19.6 Å². The van der Waals surface area contributed by atoms with Crippen molar-refractivity contribution in [1.29, 1.82) is 0 Å². The Kier molecular flexibility index (Phi) is 5.09. The van der Waals surface area contributed by atoms with Crippen molar-refractivity contribution >= 4 is 0 Å². The zero-order chi connectivity index (χ0) is 13.5. The summed E-state index contributed by atoms with van der Waals surface area (Å²) in [5.41, 5.74) is 1.94. The maximum atomic E-state index is 9.97. The van der Waals surface area contributed by atoms with Crippen LogP contribution in [0.1, 0.15) is 17.2 Å². The van der Waals surface area contributed by atoms with E-state index < -0.39 is 6.10 Å². The van der Waals surface area contributed by atoms with E-state index in [9.17, 15) is 5.11 Å². The van der Waals surface area contributed by atoms with Crippen molar-refractivity contribution in [3.05, 3.63) is 53.9 Å². The quantitative estimate of drug-likeness (QED) is 0.686. The third-order valence-corrected chi connectivity index (χ3v) is 2.87. The third kappa shape index (κ3) is 4.17. The van der Waals surface area contributed by atoms with Gasteiger partial charge in [-0.1, -0.05) is 30.3 Å². The van der Waals surface area contributed by atoms with Gasteiger partial charge >= 0.3 is 0 Å². The topological polar surface area (TPSA) is 70.3 Å². The Labute approximate surface area is 112 Å². The summed E-state index contributed by atoms with van der Waals surface area (Å²) in [5, 5.41) is 26.1. The first-order chi connectivity index (χ1) is 9.29. The van der Waals surface area contributed by atoms with Crippen LogP contribution in [0.15, 0.2) is 42.7 Å². The average Bonchev–Trinajstić information content (AvgIpc) is 2.88. The summed E-state index contributed by atoms with van der Waals surface area (Å²) in [6, 6.07) is 9.57. The van der Waals surface area contributed by atoms with Gasteiger partial charge in [0.1, 0.15) is 0 Å². The minimum atomic E-state index is -0.506. The van der Waals surface area contributed by atoms with Crippen LogP contribution in [0.4, 0.5) is 0 Å². The van der Waals surface area contributed by atoms with E-state index in [0.717, 1.165) is 11.1 Å². The molecule has 0 saturated carbocycles. The molecule has 1 heterocycles. The molecule has 1 unspecified atom stereocenters. The predicted molar refractivity (Wildman–Crippen MR) is 72.4 cm³/mol. The highest BCUT2D eigenvalue weighted by Crippen LogP contribution is 2.10. The van der Waals surface area contributed by atoms with Crippen molar-refractivity contribution in [3.63, 3.8) is 0 Å². The van der Waals surface area contributed by atoms with E-state index in [1.165, 1.54) is 0 Å². The molecular weight excluding hydrogens is 242 g/mol. The predicted octanol–water partition coefficient (Wildman–Crippen LogP) is 0.699. The first-order valence-electron chi connectivity index (χ1n) is 6.35. The van der Waals surface area contributed by atoms with Crippen LogP contribution in [0.5, 0.6) is 0 Å². The Morgan fingerprint density at radius 2 is 2.05 bits per heavy atom. The molecule has 2 aromatic rings. The zero-order valence-electron chi connectivity index (χ0n) is 10.7. The molecule has 1 aromatic heterocycles. The van der Waals surface area contributed by atoms with Gasteiger partial charge in [0.05, 0.1) is 25.5 Å². The molecule has 0 aliphatic carbocycles. The fraction of sp³-hybridized carbons (Fsp3) is 0.357. The number of aliphatic hydroxyl groups is 2. The SMILES string of the molecule is OCCn1cc(CNCC(O)c2ccccc2)cn1. The van der Waals surface area contributed by atoms with Gasteiger partial charge in [-0.25, -0.2) is 0 Å². The average molecular weight is 261 g/mol. The van der Waals surface area contributed by atoms with E-state index in [2.05, 4.69) is 10.4 Å². The highest BCUT2D eigenvalue weighted by molar-refractivity contribution is 5.17. The van der Waals surface area contributed by atoms with Crippen molar-refractivity contribution in [2.45, 2.75) is 19.2 Å². The molecule has 0 amide bonds. The van der Waals surface area contributed by atoms with Crippen LogP contribution in [0, 0.1) is 0 Å². The number of nitrogens with zero attached hydrogens (tertiary/aromatic N) is 2. The Morgan fingerprint density at radius 3 is 2.79 bits per heavy atom. The van der Waals surface area contributed by atoms with Crippen LogP contribution in [-0.2, 0) is 13.1 Å². The van der Waals surface area contributed by atoms with Crippen LogP contribution >= 0.6 is 0 Å². The second-order valence-corrected chi connectivity index (χ2v) is 4.39. The number of aliphatic hydroxyl groups excluding tert-OH is 2. The fourth-order valence-electron chi connectivity index (χ4n) is 1.87. The van der Waals surface area contributed by atoms with Gasteiger partial charge in [-0.2, -0.15) is 5.10 Å². The highest BCUT2D eigenvalue weighted by Gasteiger charge is 2.06. The van der Waals surface area contributed by atoms with E-state index in [4.69, 9.17) is 5.11 Å². The molecule has 0 aliphatic heterocycles. The van der Waals surface area contributed by atoms with Gasteiger partial charge in [-0.3, -0.25) is 4.68 Å². The molecule has 0 fully saturated rings. The van der Waals surface area contributed by atoms with Gasteiger partial charge in [0.25, 0.3) is 0 Å². The van der Waals surface area contributed by atoms with Crippen LogP contribution in [-0.4, -0.2) is 33.1 Å². The van der Waals surface area contributed by atoms with E-state index in [1.807, 2.05) is 36.5 Å². The molecule has 19 heavy (non-hydrogen) atoms. The number of aromatic nitrogens is 2. The normalized spacial score (nSPS) is 12.5. The molecule has 1 atom stereocenters. The van der Waals surface area contributed by atoms with Gasteiger partial charge in [-0.05, 0) is 5.56 Å².